The highest BCUT2D eigenvalue weighted by Crippen LogP contribution is 2.24. The molecule has 0 saturated heterocycles. The maximum absolute atomic E-state index is 10.8. The second-order valence-electron chi connectivity index (χ2n) is 4.48. The highest BCUT2D eigenvalue weighted by atomic mass is 16.6. The van der Waals surface area contributed by atoms with E-state index in [9.17, 15) is 10.1 Å². The van der Waals surface area contributed by atoms with Gasteiger partial charge in [-0.2, -0.15) is 0 Å². The summed E-state index contributed by atoms with van der Waals surface area (Å²) in [6.45, 7) is 3.90. The van der Waals surface area contributed by atoms with Crippen LogP contribution in [0.3, 0.4) is 0 Å². The Kier molecular flexibility index (Phi) is 4.24. The first-order valence-corrected chi connectivity index (χ1v) is 6.40. The Hall–Kier alpha value is -2.50. The minimum absolute atomic E-state index is 0.0586. The van der Waals surface area contributed by atoms with Gasteiger partial charge in [-0.05, 0) is 25.0 Å². The summed E-state index contributed by atoms with van der Waals surface area (Å²) in [5.74, 6) is 0.531. The summed E-state index contributed by atoms with van der Waals surface area (Å²) in [7, 11) is 0. The van der Waals surface area contributed by atoms with Gasteiger partial charge in [-0.3, -0.25) is 10.1 Å². The number of aryl methyl sites for hydroxylation is 1. The summed E-state index contributed by atoms with van der Waals surface area (Å²) in [6, 6.07) is 8.38. The van der Waals surface area contributed by atoms with Crippen molar-refractivity contribution in [3.05, 3.63) is 57.9 Å². The summed E-state index contributed by atoms with van der Waals surface area (Å²) in [6.07, 6.45) is 2.46. The number of rotatable bonds is 5. The number of nitrogens with one attached hydrogen (secondary N) is 1. The van der Waals surface area contributed by atoms with E-state index in [2.05, 4.69) is 15.3 Å². The van der Waals surface area contributed by atoms with E-state index < -0.39 is 0 Å². The molecule has 2 rings (SSSR count). The molecule has 1 unspecified atom stereocenters. The van der Waals surface area contributed by atoms with Gasteiger partial charge >= 0.3 is 0 Å². The number of nitro groups is 1. The maximum atomic E-state index is 10.8. The van der Waals surface area contributed by atoms with Gasteiger partial charge in [0.05, 0.1) is 11.0 Å². The van der Waals surface area contributed by atoms with Crippen molar-refractivity contribution < 1.29 is 4.92 Å². The molecule has 1 aromatic heterocycles. The van der Waals surface area contributed by atoms with E-state index in [-0.39, 0.29) is 16.7 Å². The summed E-state index contributed by atoms with van der Waals surface area (Å²) in [4.78, 5) is 18.9. The number of hydrogen-bond acceptors (Lipinski definition) is 5. The number of nitrogens with zero attached hydrogens (tertiary/aromatic N) is 3. The number of non-ortho nitro benzene ring substituents is 1. The lowest BCUT2D eigenvalue weighted by atomic mass is 10.0. The Balaban J connectivity index is 2.24. The van der Waals surface area contributed by atoms with E-state index in [4.69, 9.17) is 0 Å². The van der Waals surface area contributed by atoms with Crippen molar-refractivity contribution in [3.8, 4) is 0 Å². The van der Waals surface area contributed by atoms with Gasteiger partial charge in [-0.25, -0.2) is 9.97 Å². The standard InChI is InChI=1S/C14H16N4O2/c1-3-13(17-14-15-8-7-10(2)16-14)11-5-4-6-12(9-11)18(19)20/h4-9,13H,3H2,1-2H3,(H,15,16,17). The molecule has 1 atom stereocenters. The molecule has 1 aromatic carbocycles. The van der Waals surface area contributed by atoms with Gasteiger partial charge in [-0.1, -0.05) is 19.1 Å². The summed E-state index contributed by atoms with van der Waals surface area (Å²) in [5, 5.41) is 14.0. The highest BCUT2D eigenvalue weighted by Gasteiger charge is 2.14. The number of anilines is 1. The van der Waals surface area contributed by atoms with Crippen molar-refractivity contribution in [2.45, 2.75) is 26.3 Å². The van der Waals surface area contributed by atoms with E-state index in [0.29, 0.717) is 5.95 Å². The van der Waals surface area contributed by atoms with Crippen LogP contribution in [0.2, 0.25) is 0 Å². The van der Waals surface area contributed by atoms with Crippen molar-refractivity contribution in [1.29, 1.82) is 0 Å². The lowest BCUT2D eigenvalue weighted by molar-refractivity contribution is -0.384. The van der Waals surface area contributed by atoms with Crippen molar-refractivity contribution in [2.24, 2.45) is 0 Å². The quantitative estimate of drug-likeness (QED) is 0.667. The lowest BCUT2D eigenvalue weighted by Gasteiger charge is -2.17. The molecule has 0 radical (unpaired) electrons. The monoisotopic (exact) mass is 272 g/mol. The normalized spacial score (nSPS) is 11.9. The van der Waals surface area contributed by atoms with Crippen LogP contribution in [0, 0.1) is 17.0 Å². The van der Waals surface area contributed by atoms with Crippen LogP contribution < -0.4 is 5.32 Å². The van der Waals surface area contributed by atoms with Crippen LogP contribution in [0.25, 0.3) is 0 Å². The van der Waals surface area contributed by atoms with E-state index in [1.807, 2.05) is 26.0 Å². The van der Waals surface area contributed by atoms with Crippen LogP contribution >= 0.6 is 0 Å². The number of hydrogen-bond donors (Lipinski definition) is 1. The second-order valence-corrected chi connectivity index (χ2v) is 4.48. The Morgan fingerprint density at radius 2 is 2.20 bits per heavy atom. The Bertz CT molecular complexity index is 616. The van der Waals surface area contributed by atoms with Crippen LogP contribution in [0.4, 0.5) is 11.6 Å². The molecule has 0 aliphatic heterocycles. The predicted molar refractivity (Wildman–Crippen MR) is 76.5 cm³/mol. The van der Waals surface area contributed by atoms with Crippen LogP contribution in [0.15, 0.2) is 36.5 Å². The van der Waals surface area contributed by atoms with Crippen LogP contribution in [-0.2, 0) is 0 Å². The zero-order valence-electron chi connectivity index (χ0n) is 11.4. The zero-order chi connectivity index (χ0) is 14.5. The summed E-state index contributed by atoms with van der Waals surface area (Å²) >= 11 is 0. The second kappa shape index (κ2) is 6.10. The lowest BCUT2D eigenvalue weighted by Crippen LogP contribution is -2.12. The van der Waals surface area contributed by atoms with Crippen LogP contribution in [0.5, 0.6) is 0 Å². The van der Waals surface area contributed by atoms with Gasteiger partial charge in [0.25, 0.3) is 5.69 Å². The van der Waals surface area contributed by atoms with E-state index in [0.717, 1.165) is 17.7 Å². The molecule has 0 saturated carbocycles. The maximum Gasteiger partial charge on any atom is 0.269 e. The highest BCUT2D eigenvalue weighted by molar-refractivity contribution is 5.39. The molecule has 2 aromatic rings. The third-order valence-corrected chi connectivity index (χ3v) is 2.99. The van der Waals surface area contributed by atoms with Crippen molar-refractivity contribution in [3.63, 3.8) is 0 Å². The molecule has 1 N–H and O–H groups in total. The van der Waals surface area contributed by atoms with Crippen LogP contribution in [-0.4, -0.2) is 14.9 Å². The fourth-order valence-corrected chi connectivity index (χ4v) is 1.95. The fourth-order valence-electron chi connectivity index (χ4n) is 1.95. The van der Waals surface area contributed by atoms with Crippen molar-refractivity contribution in [1.82, 2.24) is 9.97 Å². The minimum Gasteiger partial charge on any atom is -0.347 e. The predicted octanol–water partition coefficient (Wildman–Crippen LogP) is 3.26. The number of benzene rings is 1. The van der Waals surface area contributed by atoms with Gasteiger partial charge in [0.1, 0.15) is 0 Å². The van der Waals surface area contributed by atoms with Gasteiger partial charge in [0.2, 0.25) is 5.95 Å². The Morgan fingerprint density at radius 3 is 2.85 bits per heavy atom. The molecule has 0 fully saturated rings. The van der Waals surface area contributed by atoms with E-state index in [1.54, 1.807) is 18.3 Å². The topological polar surface area (TPSA) is 81.0 Å². The molecule has 0 aliphatic rings. The van der Waals surface area contributed by atoms with Gasteiger partial charge in [0.15, 0.2) is 0 Å². The molecule has 1 heterocycles. The average Bonchev–Trinajstić information content (AvgIpc) is 2.45. The van der Waals surface area contributed by atoms with Gasteiger partial charge < -0.3 is 5.32 Å². The summed E-state index contributed by atoms with van der Waals surface area (Å²) < 4.78 is 0. The first kappa shape index (κ1) is 13.9. The number of aromatic nitrogens is 2. The molecule has 0 aliphatic carbocycles. The molecule has 6 nitrogen and oxygen atoms in total. The summed E-state index contributed by atoms with van der Waals surface area (Å²) in [5.41, 5.74) is 1.82. The molecule has 6 heteroatoms. The molecule has 104 valence electrons. The first-order valence-electron chi connectivity index (χ1n) is 6.40. The van der Waals surface area contributed by atoms with Gasteiger partial charge in [0, 0.05) is 24.0 Å². The van der Waals surface area contributed by atoms with E-state index in [1.165, 1.54) is 6.07 Å². The molecular weight excluding hydrogens is 256 g/mol. The Labute approximate surface area is 117 Å². The third-order valence-electron chi connectivity index (χ3n) is 2.99. The zero-order valence-corrected chi connectivity index (χ0v) is 11.4. The van der Waals surface area contributed by atoms with E-state index >= 15 is 0 Å². The average molecular weight is 272 g/mol. The molecular formula is C14H16N4O2. The van der Waals surface area contributed by atoms with Crippen LogP contribution in [0.1, 0.15) is 30.6 Å². The molecule has 20 heavy (non-hydrogen) atoms. The SMILES string of the molecule is CCC(Nc1nccc(C)n1)c1cccc([N+](=O)[O-])c1. The molecule has 0 amide bonds. The van der Waals surface area contributed by atoms with Crippen molar-refractivity contribution in [2.75, 3.05) is 5.32 Å². The Morgan fingerprint density at radius 1 is 1.40 bits per heavy atom. The van der Waals surface area contributed by atoms with Gasteiger partial charge in [-0.15, -0.1) is 0 Å². The third kappa shape index (κ3) is 3.28. The molecule has 0 bridgehead atoms. The fraction of sp³-hybridized carbons (Fsp3) is 0.286. The largest absolute Gasteiger partial charge is 0.347 e. The molecule has 0 spiro atoms. The van der Waals surface area contributed by atoms with Crippen molar-refractivity contribution >= 4 is 11.6 Å². The minimum atomic E-state index is -0.389. The number of nitro benzene ring substituents is 1. The smallest absolute Gasteiger partial charge is 0.269 e. The first-order chi connectivity index (χ1) is 9.60.